The fraction of sp³-hybridized carbons (Fsp3) is 0.250. The Labute approximate surface area is 179 Å². The lowest BCUT2D eigenvalue weighted by Crippen LogP contribution is -2.07. The van der Waals surface area contributed by atoms with Crippen molar-refractivity contribution in [3.63, 3.8) is 0 Å². The number of aromatic nitrogens is 2. The molecule has 1 aromatic carbocycles. The zero-order valence-corrected chi connectivity index (χ0v) is 17.7. The highest BCUT2D eigenvalue weighted by Gasteiger charge is 2.30. The van der Waals surface area contributed by atoms with Crippen LogP contribution < -0.4 is 5.32 Å². The lowest BCUT2D eigenvalue weighted by Gasteiger charge is -2.06. The molecule has 1 N–H and O–H groups in total. The molecule has 2 heterocycles. The number of amides is 1. The van der Waals surface area contributed by atoms with E-state index in [4.69, 9.17) is 4.42 Å². The highest BCUT2D eigenvalue weighted by Crippen LogP contribution is 2.31. The number of thioether (sulfide) groups is 1. The summed E-state index contributed by atoms with van der Waals surface area (Å²) in [6.07, 6.45) is 1.42. The van der Waals surface area contributed by atoms with Gasteiger partial charge in [0.25, 0.3) is 0 Å². The van der Waals surface area contributed by atoms with Gasteiger partial charge in [0.05, 0.1) is 27.9 Å². The molecule has 158 valence electrons. The van der Waals surface area contributed by atoms with Crippen LogP contribution in [0.2, 0.25) is 0 Å². The van der Waals surface area contributed by atoms with Crippen LogP contribution in [0, 0.1) is 0 Å². The van der Waals surface area contributed by atoms with Crippen molar-refractivity contribution in [2.24, 2.45) is 0 Å². The molecule has 1 amide bonds. The van der Waals surface area contributed by atoms with Gasteiger partial charge >= 0.3 is 6.18 Å². The maximum absolute atomic E-state index is 12.7. The molecule has 0 saturated heterocycles. The third-order valence-corrected chi connectivity index (χ3v) is 5.93. The second kappa shape index (κ2) is 9.48. The molecule has 0 fully saturated rings. The molecule has 0 aliphatic carbocycles. The number of nitrogens with one attached hydrogen (secondary N) is 1. The molecular weight excluding hydrogens is 435 g/mol. The Bertz CT molecular complexity index is 1040. The second-order valence-electron chi connectivity index (χ2n) is 6.53. The van der Waals surface area contributed by atoms with Gasteiger partial charge in [-0.1, -0.05) is 37.3 Å². The van der Waals surface area contributed by atoms with Gasteiger partial charge < -0.3 is 4.42 Å². The third kappa shape index (κ3) is 6.20. The predicted octanol–water partition coefficient (Wildman–Crippen LogP) is 6.22. The van der Waals surface area contributed by atoms with Crippen molar-refractivity contribution in [2.45, 2.75) is 35.9 Å². The molecule has 5 nitrogen and oxygen atoms in total. The van der Waals surface area contributed by atoms with Crippen LogP contribution in [0.3, 0.4) is 0 Å². The number of thiazole rings is 1. The van der Waals surface area contributed by atoms with Crippen molar-refractivity contribution in [3.8, 4) is 0 Å². The zero-order chi connectivity index (χ0) is 21.7. The molecule has 0 radical (unpaired) electrons. The molecule has 3 rings (SSSR count). The highest BCUT2D eigenvalue weighted by atomic mass is 32.2. The molecule has 0 bridgehead atoms. The summed E-state index contributed by atoms with van der Waals surface area (Å²) in [6, 6.07) is 4.75. The largest absolute Gasteiger partial charge is 0.445 e. The Morgan fingerprint density at radius 3 is 2.80 bits per heavy atom. The van der Waals surface area contributed by atoms with Gasteiger partial charge in [0.15, 0.2) is 5.13 Å². The first-order valence-electron chi connectivity index (χ1n) is 8.90. The lowest BCUT2D eigenvalue weighted by molar-refractivity contribution is -0.137. The van der Waals surface area contributed by atoms with Crippen molar-refractivity contribution in [2.75, 3.05) is 5.32 Å². The van der Waals surface area contributed by atoms with E-state index in [-0.39, 0.29) is 11.5 Å². The summed E-state index contributed by atoms with van der Waals surface area (Å²) >= 11 is 2.77. The second-order valence-corrected chi connectivity index (χ2v) is 8.84. The van der Waals surface area contributed by atoms with Crippen LogP contribution in [0.1, 0.15) is 42.5 Å². The number of benzene rings is 1. The summed E-state index contributed by atoms with van der Waals surface area (Å²) in [7, 11) is 0. The number of carbonyl (C=O) groups excluding carboxylic acids is 1. The number of hydrogen-bond acceptors (Lipinski definition) is 6. The summed E-state index contributed by atoms with van der Waals surface area (Å²) in [6.45, 7) is 4.05. The monoisotopic (exact) mass is 453 g/mol. The van der Waals surface area contributed by atoms with Crippen molar-refractivity contribution in [3.05, 3.63) is 65.5 Å². The van der Waals surface area contributed by atoms with Gasteiger partial charge in [-0.25, -0.2) is 9.97 Å². The highest BCUT2D eigenvalue weighted by molar-refractivity contribution is 8.00. The van der Waals surface area contributed by atoms with Gasteiger partial charge in [0.1, 0.15) is 5.76 Å². The maximum atomic E-state index is 12.7. The first kappa shape index (κ1) is 22.1. The number of oxazole rings is 1. The molecule has 0 saturated carbocycles. The Morgan fingerprint density at radius 1 is 1.30 bits per heavy atom. The summed E-state index contributed by atoms with van der Waals surface area (Å²) in [5.74, 6) is 1.78. The smallest absolute Gasteiger partial charge is 0.416 e. The number of nitrogens with zero attached hydrogens (tertiary/aromatic N) is 2. The Morgan fingerprint density at radius 2 is 2.10 bits per heavy atom. The van der Waals surface area contributed by atoms with E-state index >= 15 is 0 Å². The molecule has 30 heavy (non-hydrogen) atoms. The van der Waals surface area contributed by atoms with Gasteiger partial charge in [-0.05, 0) is 23.8 Å². The van der Waals surface area contributed by atoms with Crippen LogP contribution in [0.5, 0.6) is 0 Å². The molecule has 0 aliphatic rings. The number of halogens is 3. The van der Waals surface area contributed by atoms with Gasteiger partial charge in [-0.15, -0.1) is 11.8 Å². The van der Waals surface area contributed by atoms with Gasteiger partial charge in [-0.3, -0.25) is 10.1 Å². The van der Waals surface area contributed by atoms with Crippen molar-refractivity contribution in [1.29, 1.82) is 0 Å². The van der Waals surface area contributed by atoms with E-state index < -0.39 is 17.6 Å². The number of hydrogen-bond donors (Lipinski definition) is 1. The molecule has 3 aromatic rings. The van der Waals surface area contributed by atoms with E-state index in [9.17, 15) is 18.0 Å². The minimum Gasteiger partial charge on any atom is -0.445 e. The third-order valence-electron chi connectivity index (χ3n) is 3.83. The van der Waals surface area contributed by atoms with E-state index in [1.54, 1.807) is 12.4 Å². The molecular formula is C20H18F3N3O2S2. The lowest BCUT2D eigenvalue weighted by atomic mass is 10.1. The van der Waals surface area contributed by atoms with E-state index in [1.165, 1.54) is 47.4 Å². The number of alkyl halides is 3. The van der Waals surface area contributed by atoms with Crippen molar-refractivity contribution >= 4 is 40.2 Å². The summed E-state index contributed by atoms with van der Waals surface area (Å²) in [5, 5.41) is 3.00. The fourth-order valence-corrected chi connectivity index (χ4v) is 4.04. The van der Waals surface area contributed by atoms with E-state index in [0.29, 0.717) is 16.8 Å². The van der Waals surface area contributed by atoms with Crippen LogP contribution in [-0.4, -0.2) is 15.9 Å². The summed E-state index contributed by atoms with van der Waals surface area (Å²) in [4.78, 5) is 20.4. The Hall–Kier alpha value is -2.59. The van der Waals surface area contributed by atoms with Gasteiger partial charge in [0.2, 0.25) is 11.8 Å². The topological polar surface area (TPSA) is 68.0 Å². The fourth-order valence-electron chi connectivity index (χ4n) is 2.31. The molecule has 0 atom stereocenters. The minimum absolute atomic E-state index is 0.269. The quantitative estimate of drug-likeness (QED) is 0.340. The molecule has 2 aromatic heterocycles. The van der Waals surface area contributed by atoms with E-state index in [2.05, 4.69) is 15.3 Å². The van der Waals surface area contributed by atoms with Gasteiger partial charge in [0, 0.05) is 12.0 Å². The van der Waals surface area contributed by atoms with E-state index in [0.717, 1.165) is 22.1 Å². The van der Waals surface area contributed by atoms with Crippen LogP contribution in [-0.2, 0) is 16.7 Å². The number of carbonyl (C=O) groups is 1. The van der Waals surface area contributed by atoms with Gasteiger partial charge in [-0.2, -0.15) is 13.2 Å². The average molecular weight is 454 g/mol. The molecule has 10 heteroatoms. The molecule has 0 unspecified atom stereocenters. The van der Waals surface area contributed by atoms with Crippen LogP contribution in [0.25, 0.3) is 6.08 Å². The molecule has 0 spiro atoms. The summed E-state index contributed by atoms with van der Waals surface area (Å²) < 4.78 is 44.7. The average Bonchev–Trinajstić information content (AvgIpc) is 3.34. The Balaban J connectivity index is 1.53. The summed E-state index contributed by atoms with van der Waals surface area (Å²) in [5.41, 5.74) is -0.486. The zero-order valence-electron chi connectivity index (χ0n) is 16.1. The standard InChI is InChI=1S/C20H18F3N3O2S2/c1-12(2)15-9-24-17(28-15)11-29-18-10-25-19(30-18)26-16(27)7-6-13-4-3-5-14(8-13)20(21,22)23/h3-10,12H,11H2,1-2H3,(H,25,26,27)/b7-6+. The maximum Gasteiger partial charge on any atom is 0.416 e. The predicted molar refractivity (Wildman–Crippen MR) is 111 cm³/mol. The minimum atomic E-state index is -4.43. The SMILES string of the molecule is CC(C)c1cnc(CSc2cnc(NC(=O)/C=C/c3cccc(C(F)(F)F)c3)s2)o1. The van der Waals surface area contributed by atoms with Crippen LogP contribution in [0.4, 0.5) is 18.3 Å². The normalized spacial score (nSPS) is 12.1. The number of rotatable bonds is 7. The van der Waals surface area contributed by atoms with Crippen LogP contribution >= 0.6 is 23.1 Å². The van der Waals surface area contributed by atoms with E-state index in [1.807, 2.05) is 13.8 Å². The molecule has 0 aliphatic heterocycles. The number of anilines is 1. The Kier molecular flexibility index (Phi) is 6.99. The van der Waals surface area contributed by atoms with Crippen molar-refractivity contribution < 1.29 is 22.4 Å². The first-order chi connectivity index (χ1) is 14.2. The van der Waals surface area contributed by atoms with Crippen molar-refractivity contribution in [1.82, 2.24) is 9.97 Å². The van der Waals surface area contributed by atoms with Crippen LogP contribution in [0.15, 0.2) is 51.4 Å². The first-order valence-corrected chi connectivity index (χ1v) is 10.7.